The Morgan fingerprint density at radius 3 is 3.11 bits per heavy atom. The number of rotatable bonds is 3. The number of nitrogen functional groups attached to an aromatic ring is 1. The van der Waals surface area contributed by atoms with E-state index in [-0.39, 0.29) is 11.9 Å². The van der Waals surface area contributed by atoms with Crippen molar-refractivity contribution in [3.8, 4) is 0 Å². The Bertz CT molecular complexity index is 430. The fraction of sp³-hybridized carbons (Fsp3) is 0.583. The van der Waals surface area contributed by atoms with Crippen LogP contribution in [0.2, 0.25) is 0 Å². The summed E-state index contributed by atoms with van der Waals surface area (Å²) in [4.78, 5) is 13.7. The van der Waals surface area contributed by atoms with Crippen LogP contribution in [0.3, 0.4) is 0 Å². The Kier molecular flexibility index (Phi) is 4.00. The van der Waals surface area contributed by atoms with Gasteiger partial charge in [-0.1, -0.05) is 0 Å². The van der Waals surface area contributed by atoms with Crippen LogP contribution in [-0.2, 0) is 6.54 Å². The number of hydrogen-bond acceptors (Lipinski definition) is 5. The van der Waals surface area contributed by atoms with Gasteiger partial charge in [0.25, 0.3) is 5.91 Å². The summed E-state index contributed by atoms with van der Waals surface area (Å²) in [6.45, 7) is 4.34. The lowest BCUT2D eigenvalue weighted by atomic mass is 10.1. The summed E-state index contributed by atoms with van der Waals surface area (Å²) in [5.74, 6) is 6.16. The first-order valence-electron chi connectivity index (χ1n) is 6.18. The molecule has 0 aliphatic carbocycles. The van der Waals surface area contributed by atoms with Gasteiger partial charge in [0.1, 0.15) is 11.5 Å². The molecule has 1 aliphatic rings. The first-order valence-corrected chi connectivity index (χ1v) is 6.18. The highest BCUT2D eigenvalue weighted by Crippen LogP contribution is 2.18. The van der Waals surface area contributed by atoms with Crippen LogP contribution in [0.1, 0.15) is 34.7 Å². The molecule has 1 atom stereocenters. The van der Waals surface area contributed by atoms with E-state index in [0.29, 0.717) is 17.9 Å². The lowest BCUT2D eigenvalue weighted by molar-refractivity contribution is 0.0952. The summed E-state index contributed by atoms with van der Waals surface area (Å²) >= 11 is 0. The van der Waals surface area contributed by atoms with E-state index < -0.39 is 0 Å². The molecule has 2 rings (SSSR count). The molecular weight excluding hydrogens is 232 g/mol. The number of hydrazine groups is 1. The number of carbonyl (C=O) groups is 1. The van der Waals surface area contributed by atoms with Crippen molar-refractivity contribution in [3.05, 3.63) is 23.2 Å². The van der Waals surface area contributed by atoms with E-state index in [1.807, 2.05) is 0 Å². The van der Waals surface area contributed by atoms with E-state index in [9.17, 15) is 4.79 Å². The number of hydrogen-bond donors (Lipinski definition) is 3. The van der Waals surface area contributed by atoms with Gasteiger partial charge < -0.3 is 10.2 Å². The first kappa shape index (κ1) is 13.1. The average Bonchev–Trinajstić information content (AvgIpc) is 2.69. The molecule has 0 bridgehead atoms. The molecule has 6 nitrogen and oxygen atoms in total. The number of carbonyl (C=O) groups excluding carboxylic acids is 1. The minimum absolute atomic E-state index is 0.238. The molecule has 1 aromatic rings. The van der Waals surface area contributed by atoms with Crippen LogP contribution in [0.15, 0.2) is 10.5 Å². The van der Waals surface area contributed by atoms with Gasteiger partial charge in [-0.2, -0.15) is 0 Å². The van der Waals surface area contributed by atoms with Crippen molar-refractivity contribution in [1.82, 2.24) is 10.3 Å². The van der Waals surface area contributed by atoms with E-state index in [1.54, 1.807) is 13.0 Å². The molecule has 1 aromatic heterocycles. The summed E-state index contributed by atoms with van der Waals surface area (Å²) in [5, 5.41) is 0. The number of piperidine rings is 1. The Morgan fingerprint density at radius 1 is 1.67 bits per heavy atom. The minimum atomic E-state index is -0.321. The van der Waals surface area contributed by atoms with Gasteiger partial charge in [-0.25, -0.2) is 5.84 Å². The van der Waals surface area contributed by atoms with E-state index in [1.165, 1.54) is 0 Å². The van der Waals surface area contributed by atoms with Crippen molar-refractivity contribution < 1.29 is 9.21 Å². The van der Waals surface area contributed by atoms with Gasteiger partial charge in [0.15, 0.2) is 0 Å². The van der Waals surface area contributed by atoms with Crippen LogP contribution in [0, 0.1) is 6.92 Å². The molecule has 1 saturated heterocycles. The van der Waals surface area contributed by atoms with Crippen LogP contribution in [0.25, 0.3) is 0 Å². The highest BCUT2D eigenvalue weighted by atomic mass is 16.3. The number of likely N-dealkylation sites (tertiary alicyclic amines) is 1. The highest BCUT2D eigenvalue weighted by molar-refractivity contribution is 5.94. The number of nitrogens with two attached hydrogens (primary N) is 2. The third-order valence-electron chi connectivity index (χ3n) is 3.27. The minimum Gasteiger partial charge on any atom is -0.464 e. The Morgan fingerprint density at radius 2 is 2.44 bits per heavy atom. The average molecular weight is 252 g/mol. The van der Waals surface area contributed by atoms with Crippen LogP contribution in [0.4, 0.5) is 0 Å². The van der Waals surface area contributed by atoms with Gasteiger partial charge >= 0.3 is 0 Å². The molecule has 6 heteroatoms. The molecule has 1 aliphatic heterocycles. The quantitative estimate of drug-likeness (QED) is 0.403. The molecule has 0 radical (unpaired) electrons. The molecule has 18 heavy (non-hydrogen) atoms. The smallest absolute Gasteiger partial charge is 0.268 e. The van der Waals surface area contributed by atoms with E-state index in [2.05, 4.69) is 10.3 Å². The number of nitrogens with zero attached hydrogens (tertiary/aromatic N) is 1. The maximum absolute atomic E-state index is 11.5. The molecular formula is C12H20N4O2. The first-order chi connectivity index (χ1) is 8.60. The standard InChI is InChI=1S/C12H20N4O2/c1-8-11(12(17)15-14)5-10(18-8)7-16-4-2-3-9(13)6-16/h5,9H,2-4,6-7,13-14H2,1H3,(H,15,17). The molecule has 0 saturated carbocycles. The highest BCUT2D eigenvalue weighted by Gasteiger charge is 2.20. The number of aryl methyl sites for hydroxylation is 1. The van der Waals surface area contributed by atoms with Crippen molar-refractivity contribution in [2.75, 3.05) is 13.1 Å². The zero-order valence-electron chi connectivity index (χ0n) is 10.6. The van der Waals surface area contributed by atoms with E-state index in [0.717, 1.165) is 31.7 Å². The molecule has 0 spiro atoms. The number of nitrogens with one attached hydrogen (secondary N) is 1. The summed E-state index contributed by atoms with van der Waals surface area (Å²) < 4.78 is 5.58. The maximum Gasteiger partial charge on any atom is 0.268 e. The zero-order valence-corrected chi connectivity index (χ0v) is 10.6. The van der Waals surface area contributed by atoms with Crippen molar-refractivity contribution in [1.29, 1.82) is 0 Å². The predicted molar refractivity (Wildman–Crippen MR) is 67.6 cm³/mol. The molecule has 5 N–H and O–H groups in total. The second kappa shape index (κ2) is 5.51. The second-order valence-corrected chi connectivity index (χ2v) is 4.79. The summed E-state index contributed by atoms with van der Waals surface area (Å²) in [6.07, 6.45) is 2.19. The largest absolute Gasteiger partial charge is 0.464 e. The second-order valence-electron chi connectivity index (χ2n) is 4.79. The summed E-state index contributed by atoms with van der Waals surface area (Å²) in [7, 11) is 0. The lowest BCUT2D eigenvalue weighted by Gasteiger charge is -2.29. The van der Waals surface area contributed by atoms with E-state index >= 15 is 0 Å². The fourth-order valence-corrected chi connectivity index (χ4v) is 2.38. The molecule has 1 amide bonds. The van der Waals surface area contributed by atoms with Crippen molar-refractivity contribution in [2.45, 2.75) is 32.4 Å². The third kappa shape index (κ3) is 2.90. The normalized spacial score (nSPS) is 20.9. The van der Waals surface area contributed by atoms with Crippen LogP contribution in [0.5, 0.6) is 0 Å². The monoisotopic (exact) mass is 252 g/mol. The number of furan rings is 1. The van der Waals surface area contributed by atoms with Crippen molar-refractivity contribution in [3.63, 3.8) is 0 Å². The maximum atomic E-state index is 11.5. The summed E-state index contributed by atoms with van der Waals surface area (Å²) in [6, 6.07) is 1.99. The Labute approximate surface area is 106 Å². The van der Waals surface area contributed by atoms with Crippen LogP contribution >= 0.6 is 0 Å². The van der Waals surface area contributed by atoms with Gasteiger partial charge in [0.05, 0.1) is 12.1 Å². The Hall–Kier alpha value is -1.37. The molecule has 1 unspecified atom stereocenters. The van der Waals surface area contributed by atoms with Crippen LogP contribution in [-0.4, -0.2) is 29.9 Å². The SMILES string of the molecule is Cc1oc(CN2CCCC(N)C2)cc1C(=O)NN. The Balaban J connectivity index is 2.03. The molecule has 100 valence electrons. The summed E-state index contributed by atoms with van der Waals surface area (Å²) in [5.41, 5.74) is 8.54. The topological polar surface area (TPSA) is 97.5 Å². The van der Waals surface area contributed by atoms with Crippen molar-refractivity contribution >= 4 is 5.91 Å². The van der Waals surface area contributed by atoms with E-state index in [4.69, 9.17) is 16.0 Å². The number of amides is 1. The van der Waals surface area contributed by atoms with Gasteiger partial charge in [-0.3, -0.25) is 15.1 Å². The fourth-order valence-electron chi connectivity index (χ4n) is 2.38. The zero-order chi connectivity index (χ0) is 13.1. The van der Waals surface area contributed by atoms with Crippen molar-refractivity contribution in [2.24, 2.45) is 11.6 Å². The van der Waals surface area contributed by atoms with Gasteiger partial charge in [0, 0.05) is 12.6 Å². The van der Waals surface area contributed by atoms with Gasteiger partial charge in [0.2, 0.25) is 0 Å². The third-order valence-corrected chi connectivity index (χ3v) is 3.27. The molecule has 2 heterocycles. The van der Waals surface area contributed by atoms with Gasteiger partial charge in [-0.15, -0.1) is 0 Å². The lowest BCUT2D eigenvalue weighted by Crippen LogP contribution is -2.42. The van der Waals surface area contributed by atoms with Gasteiger partial charge in [-0.05, 0) is 32.4 Å². The molecule has 0 aromatic carbocycles. The van der Waals surface area contributed by atoms with Crippen LogP contribution < -0.4 is 17.0 Å². The molecule has 1 fully saturated rings. The predicted octanol–water partition coefficient (Wildman–Crippen LogP) is 0.115.